The van der Waals surface area contributed by atoms with Crippen molar-refractivity contribution in [2.75, 3.05) is 0 Å². The fourth-order valence-electron chi connectivity index (χ4n) is 0.917. The van der Waals surface area contributed by atoms with Crippen molar-refractivity contribution in [3.05, 3.63) is 29.6 Å². The predicted octanol–water partition coefficient (Wildman–Crippen LogP) is 2.69. The average Bonchev–Trinajstić information content (AvgIpc) is 1.88. The van der Waals surface area contributed by atoms with Gasteiger partial charge in [0.25, 0.3) is 0 Å². The lowest BCUT2D eigenvalue weighted by Crippen LogP contribution is -1.90. The molecular formula is C8H10ClN. The molecule has 1 atom stereocenters. The molecule has 1 rings (SSSR count). The fourth-order valence-corrected chi connectivity index (χ4v) is 1.15. The molecule has 0 N–H and O–H groups in total. The molecule has 1 aromatic heterocycles. The average molecular weight is 156 g/mol. The van der Waals surface area contributed by atoms with Gasteiger partial charge in [0.15, 0.2) is 0 Å². The highest BCUT2D eigenvalue weighted by Crippen LogP contribution is 2.20. The molecule has 0 bridgehead atoms. The third kappa shape index (κ3) is 1.48. The minimum absolute atomic E-state index is 0.0636. The van der Waals surface area contributed by atoms with Crippen LogP contribution in [0.15, 0.2) is 18.3 Å². The number of pyridine rings is 1. The molecule has 1 nitrogen and oxygen atoms in total. The van der Waals surface area contributed by atoms with Crippen LogP contribution in [0, 0.1) is 6.92 Å². The Balaban J connectivity index is 3.03. The lowest BCUT2D eigenvalue weighted by atomic mass is 10.1. The van der Waals surface area contributed by atoms with Crippen molar-refractivity contribution in [2.45, 2.75) is 19.2 Å². The maximum Gasteiger partial charge on any atom is 0.0574 e. The van der Waals surface area contributed by atoms with Crippen LogP contribution in [-0.2, 0) is 0 Å². The van der Waals surface area contributed by atoms with Crippen LogP contribution in [0.3, 0.4) is 0 Å². The van der Waals surface area contributed by atoms with E-state index in [1.165, 1.54) is 0 Å². The minimum atomic E-state index is 0.0636. The van der Waals surface area contributed by atoms with E-state index in [-0.39, 0.29) is 5.38 Å². The number of rotatable bonds is 1. The Labute approximate surface area is 66.0 Å². The zero-order valence-electron chi connectivity index (χ0n) is 6.13. The largest absolute Gasteiger partial charge is 0.261 e. The summed E-state index contributed by atoms with van der Waals surface area (Å²) >= 11 is 5.87. The van der Waals surface area contributed by atoms with Crippen LogP contribution >= 0.6 is 11.6 Å². The summed E-state index contributed by atoms with van der Waals surface area (Å²) in [4.78, 5) is 4.12. The van der Waals surface area contributed by atoms with Crippen molar-refractivity contribution >= 4 is 11.6 Å². The van der Waals surface area contributed by atoms with Crippen molar-refractivity contribution in [1.29, 1.82) is 0 Å². The van der Waals surface area contributed by atoms with E-state index in [2.05, 4.69) is 4.98 Å². The Morgan fingerprint density at radius 2 is 2.30 bits per heavy atom. The first kappa shape index (κ1) is 7.55. The van der Waals surface area contributed by atoms with Crippen molar-refractivity contribution < 1.29 is 0 Å². The predicted molar refractivity (Wildman–Crippen MR) is 43.2 cm³/mol. The Morgan fingerprint density at radius 3 is 2.70 bits per heavy atom. The highest BCUT2D eigenvalue weighted by molar-refractivity contribution is 6.20. The molecule has 0 aliphatic carbocycles. The van der Waals surface area contributed by atoms with Gasteiger partial charge in [-0.3, -0.25) is 4.98 Å². The van der Waals surface area contributed by atoms with Crippen LogP contribution in [0.1, 0.15) is 23.6 Å². The molecule has 54 valence electrons. The van der Waals surface area contributed by atoms with Crippen molar-refractivity contribution in [2.24, 2.45) is 0 Å². The van der Waals surface area contributed by atoms with Gasteiger partial charge in [-0.25, -0.2) is 0 Å². The number of aryl methyl sites for hydroxylation is 1. The topological polar surface area (TPSA) is 12.9 Å². The number of alkyl halides is 1. The normalized spacial score (nSPS) is 13.1. The number of hydrogen-bond acceptors (Lipinski definition) is 1. The molecule has 0 aromatic carbocycles. The highest BCUT2D eigenvalue weighted by atomic mass is 35.5. The van der Waals surface area contributed by atoms with E-state index in [1.54, 1.807) is 6.20 Å². The Kier molecular flexibility index (Phi) is 2.28. The van der Waals surface area contributed by atoms with E-state index in [0.29, 0.717) is 0 Å². The smallest absolute Gasteiger partial charge is 0.0574 e. The zero-order valence-corrected chi connectivity index (χ0v) is 6.89. The number of aromatic nitrogens is 1. The zero-order chi connectivity index (χ0) is 7.56. The molecule has 1 aromatic rings. The standard InChI is InChI=1S/C8H10ClN/c1-6(9)8-4-3-5-10-7(8)2/h3-6H,1-2H3. The molecule has 0 aliphatic rings. The Hall–Kier alpha value is -0.560. The number of nitrogens with zero attached hydrogens (tertiary/aromatic N) is 1. The molecule has 0 radical (unpaired) electrons. The van der Waals surface area contributed by atoms with E-state index < -0.39 is 0 Å². The first-order chi connectivity index (χ1) is 4.72. The molecule has 0 fully saturated rings. The second-order valence-electron chi connectivity index (χ2n) is 2.29. The van der Waals surface area contributed by atoms with Gasteiger partial charge in [0.1, 0.15) is 0 Å². The third-order valence-corrected chi connectivity index (χ3v) is 1.71. The minimum Gasteiger partial charge on any atom is -0.261 e. The van der Waals surface area contributed by atoms with Crippen LogP contribution < -0.4 is 0 Å². The van der Waals surface area contributed by atoms with Crippen molar-refractivity contribution in [1.82, 2.24) is 4.98 Å². The summed E-state index contributed by atoms with van der Waals surface area (Å²) in [5, 5.41) is 0.0636. The lowest BCUT2D eigenvalue weighted by Gasteiger charge is -2.04. The molecule has 1 heterocycles. The molecule has 0 aliphatic heterocycles. The summed E-state index contributed by atoms with van der Waals surface area (Å²) in [5.41, 5.74) is 2.13. The summed E-state index contributed by atoms with van der Waals surface area (Å²) in [7, 11) is 0. The summed E-state index contributed by atoms with van der Waals surface area (Å²) in [5.74, 6) is 0. The second kappa shape index (κ2) is 3.02. The maximum atomic E-state index is 5.87. The number of halogens is 1. The fraction of sp³-hybridized carbons (Fsp3) is 0.375. The molecule has 0 saturated heterocycles. The van der Waals surface area contributed by atoms with Gasteiger partial charge in [0.05, 0.1) is 5.38 Å². The van der Waals surface area contributed by atoms with Gasteiger partial charge in [-0.15, -0.1) is 11.6 Å². The first-order valence-corrected chi connectivity index (χ1v) is 3.71. The lowest BCUT2D eigenvalue weighted by molar-refractivity contribution is 1.01. The molecule has 0 spiro atoms. The molecule has 10 heavy (non-hydrogen) atoms. The van der Waals surface area contributed by atoms with Gasteiger partial charge in [0.2, 0.25) is 0 Å². The number of hydrogen-bond donors (Lipinski definition) is 0. The highest BCUT2D eigenvalue weighted by Gasteiger charge is 2.02. The third-order valence-electron chi connectivity index (χ3n) is 1.48. The molecule has 2 heteroatoms. The van der Waals surface area contributed by atoms with Crippen molar-refractivity contribution in [3.63, 3.8) is 0 Å². The molecule has 1 unspecified atom stereocenters. The molecular weight excluding hydrogens is 146 g/mol. The van der Waals surface area contributed by atoms with Gasteiger partial charge in [0, 0.05) is 11.9 Å². The van der Waals surface area contributed by atoms with E-state index in [0.717, 1.165) is 11.3 Å². The van der Waals surface area contributed by atoms with Gasteiger partial charge >= 0.3 is 0 Å². The Morgan fingerprint density at radius 1 is 1.60 bits per heavy atom. The SMILES string of the molecule is Cc1ncccc1C(C)Cl. The quantitative estimate of drug-likeness (QED) is 0.569. The summed E-state index contributed by atoms with van der Waals surface area (Å²) in [6.07, 6.45) is 1.78. The van der Waals surface area contributed by atoms with Crippen LogP contribution in [0.5, 0.6) is 0 Å². The van der Waals surface area contributed by atoms with Crippen LogP contribution in [-0.4, -0.2) is 4.98 Å². The Bertz CT molecular complexity index is 220. The van der Waals surface area contributed by atoms with Gasteiger partial charge in [-0.1, -0.05) is 6.07 Å². The second-order valence-corrected chi connectivity index (χ2v) is 2.95. The van der Waals surface area contributed by atoms with Gasteiger partial charge in [-0.05, 0) is 25.5 Å². The summed E-state index contributed by atoms with van der Waals surface area (Å²) in [6, 6.07) is 3.90. The first-order valence-electron chi connectivity index (χ1n) is 3.27. The maximum absolute atomic E-state index is 5.87. The van der Waals surface area contributed by atoms with Gasteiger partial charge < -0.3 is 0 Å². The van der Waals surface area contributed by atoms with Crippen LogP contribution in [0.2, 0.25) is 0 Å². The monoisotopic (exact) mass is 155 g/mol. The van der Waals surface area contributed by atoms with Crippen molar-refractivity contribution in [3.8, 4) is 0 Å². The van der Waals surface area contributed by atoms with Gasteiger partial charge in [-0.2, -0.15) is 0 Å². The van der Waals surface area contributed by atoms with E-state index >= 15 is 0 Å². The molecule has 0 saturated carbocycles. The van der Waals surface area contributed by atoms with E-state index in [4.69, 9.17) is 11.6 Å². The van der Waals surface area contributed by atoms with E-state index in [9.17, 15) is 0 Å². The summed E-state index contributed by atoms with van der Waals surface area (Å²) in [6.45, 7) is 3.92. The van der Waals surface area contributed by atoms with Crippen LogP contribution in [0.4, 0.5) is 0 Å². The molecule has 0 amide bonds. The van der Waals surface area contributed by atoms with Crippen LogP contribution in [0.25, 0.3) is 0 Å². The van der Waals surface area contributed by atoms with E-state index in [1.807, 2.05) is 26.0 Å². The summed E-state index contributed by atoms with van der Waals surface area (Å²) < 4.78 is 0.